The number of rotatable bonds is 5. The normalized spacial score (nSPS) is 21.6. The van der Waals surface area contributed by atoms with Gasteiger partial charge in [0.2, 0.25) is 20.0 Å². The highest BCUT2D eigenvalue weighted by atomic mass is 32.2. The molecule has 0 spiro atoms. The molecule has 0 atom stereocenters. The van der Waals surface area contributed by atoms with E-state index in [1.165, 1.54) is 32.9 Å². The lowest BCUT2D eigenvalue weighted by molar-refractivity contribution is 0.196. The lowest BCUT2D eigenvalue weighted by atomic mass is 10.1. The zero-order chi connectivity index (χ0) is 19.7. The molecule has 152 valence electrons. The van der Waals surface area contributed by atoms with Crippen LogP contribution >= 0.6 is 0 Å². The summed E-state index contributed by atoms with van der Waals surface area (Å²) in [4.78, 5) is 2.45. The van der Waals surface area contributed by atoms with Gasteiger partial charge in [0, 0.05) is 32.2 Å². The summed E-state index contributed by atoms with van der Waals surface area (Å²) in [6.45, 7) is 2.03. The second-order valence-electron chi connectivity index (χ2n) is 7.54. The van der Waals surface area contributed by atoms with E-state index >= 15 is 0 Å². The van der Waals surface area contributed by atoms with Crippen molar-refractivity contribution in [3.05, 3.63) is 24.3 Å². The Kier molecular flexibility index (Phi) is 6.27. The van der Waals surface area contributed by atoms with Crippen LogP contribution in [0.5, 0.6) is 0 Å². The van der Waals surface area contributed by atoms with Gasteiger partial charge in [-0.1, -0.05) is 6.42 Å². The Hall–Kier alpha value is -1.00. The number of sulfonamides is 2. The molecule has 1 aromatic rings. The third-order valence-electron chi connectivity index (χ3n) is 5.57. The summed E-state index contributed by atoms with van der Waals surface area (Å²) in [5, 5.41) is 0. The van der Waals surface area contributed by atoms with Crippen LogP contribution in [0.15, 0.2) is 34.1 Å². The highest BCUT2D eigenvalue weighted by Gasteiger charge is 2.31. The lowest BCUT2D eigenvalue weighted by Gasteiger charge is -2.34. The number of piperidine rings is 2. The molecule has 2 aliphatic rings. The number of hydrogen-bond donors (Lipinski definition) is 0. The van der Waals surface area contributed by atoms with E-state index in [1.54, 1.807) is 0 Å². The summed E-state index contributed by atoms with van der Waals surface area (Å²) in [5.41, 5.74) is 0. The van der Waals surface area contributed by atoms with Gasteiger partial charge in [-0.05, 0) is 64.0 Å². The molecule has 0 radical (unpaired) electrons. The Morgan fingerprint density at radius 2 is 1.15 bits per heavy atom. The van der Waals surface area contributed by atoms with Crippen LogP contribution in [-0.4, -0.2) is 76.7 Å². The standard InChI is InChI=1S/C18H29N3O4S2/c1-19(2)16-10-14-21(15-11-16)27(24,25)18-8-6-17(7-9-18)26(22,23)20-12-4-3-5-13-20/h6-9,16H,3-5,10-15H2,1-2H3. The Bertz CT molecular complexity index is 837. The largest absolute Gasteiger partial charge is 0.306 e. The fourth-order valence-electron chi connectivity index (χ4n) is 3.79. The highest BCUT2D eigenvalue weighted by molar-refractivity contribution is 7.89. The SMILES string of the molecule is CN(C)C1CCN(S(=O)(=O)c2ccc(S(=O)(=O)N3CCCCC3)cc2)CC1. The maximum Gasteiger partial charge on any atom is 0.243 e. The van der Waals surface area contributed by atoms with Gasteiger partial charge in [-0.15, -0.1) is 0 Å². The first-order valence-corrected chi connectivity index (χ1v) is 12.4. The van der Waals surface area contributed by atoms with E-state index in [0.29, 0.717) is 32.2 Å². The Morgan fingerprint density at radius 1 is 0.741 bits per heavy atom. The van der Waals surface area contributed by atoms with Crippen LogP contribution in [0.3, 0.4) is 0 Å². The first-order chi connectivity index (χ1) is 12.7. The smallest absolute Gasteiger partial charge is 0.243 e. The number of benzene rings is 1. The molecule has 0 amide bonds. The van der Waals surface area contributed by atoms with Gasteiger partial charge in [0.25, 0.3) is 0 Å². The summed E-state index contributed by atoms with van der Waals surface area (Å²) >= 11 is 0. The van der Waals surface area contributed by atoms with Crippen molar-refractivity contribution in [3.63, 3.8) is 0 Å². The van der Waals surface area contributed by atoms with Gasteiger partial charge in [0.15, 0.2) is 0 Å². The molecule has 27 heavy (non-hydrogen) atoms. The molecule has 0 saturated carbocycles. The van der Waals surface area contributed by atoms with Crippen LogP contribution < -0.4 is 0 Å². The monoisotopic (exact) mass is 415 g/mol. The van der Waals surface area contributed by atoms with Crippen molar-refractivity contribution in [1.29, 1.82) is 0 Å². The quantitative estimate of drug-likeness (QED) is 0.730. The van der Waals surface area contributed by atoms with E-state index in [1.807, 2.05) is 14.1 Å². The van der Waals surface area contributed by atoms with E-state index in [9.17, 15) is 16.8 Å². The predicted octanol–water partition coefficient (Wildman–Crippen LogP) is 1.58. The van der Waals surface area contributed by atoms with Gasteiger partial charge in [-0.3, -0.25) is 0 Å². The summed E-state index contributed by atoms with van der Waals surface area (Å²) in [5.74, 6) is 0. The second-order valence-corrected chi connectivity index (χ2v) is 11.4. The molecule has 2 heterocycles. The summed E-state index contributed by atoms with van der Waals surface area (Å²) < 4.78 is 54.2. The third-order valence-corrected chi connectivity index (χ3v) is 9.39. The predicted molar refractivity (Wildman–Crippen MR) is 105 cm³/mol. The van der Waals surface area contributed by atoms with Crippen molar-refractivity contribution in [2.45, 2.75) is 47.9 Å². The number of nitrogens with zero attached hydrogens (tertiary/aromatic N) is 3. The molecule has 2 fully saturated rings. The third kappa shape index (κ3) is 4.37. The van der Waals surface area contributed by atoms with Crippen molar-refractivity contribution in [3.8, 4) is 0 Å². The second kappa shape index (κ2) is 8.16. The molecular formula is C18H29N3O4S2. The lowest BCUT2D eigenvalue weighted by Crippen LogP contribution is -2.44. The molecule has 0 aromatic heterocycles. The molecule has 9 heteroatoms. The van der Waals surface area contributed by atoms with E-state index in [2.05, 4.69) is 4.90 Å². The first kappa shape index (κ1) is 20.7. The molecule has 0 N–H and O–H groups in total. The van der Waals surface area contributed by atoms with Crippen molar-refractivity contribution in [2.75, 3.05) is 40.3 Å². The van der Waals surface area contributed by atoms with Gasteiger partial charge < -0.3 is 4.90 Å². The van der Waals surface area contributed by atoms with E-state index in [4.69, 9.17) is 0 Å². The Labute approximate surface area is 163 Å². The minimum absolute atomic E-state index is 0.156. The van der Waals surface area contributed by atoms with E-state index in [-0.39, 0.29) is 9.79 Å². The van der Waals surface area contributed by atoms with Crippen LogP contribution in [0.2, 0.25) is 0 Å². The Balaban J connectivity index is 1.74. The minimum atomic E-state index is -3.59. The fraction of sp³-hybridized carbons (Fsp3) is 0.667. The van der Waals surface area contributed by atoms with Gasteiger partial charge in [-0.25, -0.2) is 16.8 Å². The van der Waals surface area contributed by atoms with Crippen molar-refractivity contribution >= 4 is 20.0 Å². The van der Waals surface area contributed by atoms with E-state index in [0.717, 1.165) is 32.1 Å². The summed E-state index contributed by atoms with van der Waals surface area (Å²) in [6, 6.07) is 6.08. The molecule has 2 saturated heterocycles. The summed E-state index contributed by atoms with van der Waals surface area (Å²) in [6.07, 6.45) is 4.39. The average molecular weight is 416 g/mol. The number of hydrogen-bond acceptors (Lipinski definition) is 5. The van der Waals surface area contributed by atoms with Gasteiger partial charge >= 0.3 is 0 Å². The van der Waals surface area contributed by atoms with Crippen molar-refractivity contribution in [2.24, 2.45) is 0 Å². The Morgan fingerprint density at radius 3 is 1.56 bits per heavy atom. The van der Waals surface area contributed by atoms with Crippen LogP contribution in [0.25, 0.3) is 0 Å². The zero-order valence-electron chi connectivity index (χ0n) is 16.0. The molecule has 0 bridgehead atoms. The maximum atomic E-state index is 12.9. The van der Waals surface area contributed by atoms with Crippen LogP contribution in [0.1, 0.15) is 32.1 Å². The molecule has 1 aromatic carbocycles. The highest BCUT2D eigenvalue weighted by Crippen LogP contribution is 2.25. The van der Waals surface area contributed by atoms with E-state index < -0.39 is 20.0 Å². The van der Waals surface area contributed by atoms with Crippen LogP contribution in [0.4, 0.5) is 0 Å². The van der Waals surface area contributed by atoms with Gasteiger partial charge in [0.1, 0.15) is 0 Å². The molecule has 0 unspecified atom stereocenters. The van der Waals surface area contributed by atoms with Crippen molar-refractivity contribution in [1.82, 2.24) is 13.5 Å². The van der Waals surface area contributed by atoms with Crippen molar-refractivity contribution < 1.29 is 16.8 Å². The van der Waals surface area contributed by atoms with Gasteiger partial charge in [-0.2, -0.15) is 8.61 Å². The average Bonchev–Trinajstić information content (AvgIpc) is 2.69. The topological polar surface area (TPSA) is 78.0 Å². The van der Waals surface area contributed by atoms with Gasteiger partial charge in [0.05, 0.1) is 9.79 Å². The molecule has 3 rings (SSSR count). The van der Waals surface area contributed by atoms with Crippen LogP contribution in [0, 0.1) is 0 Å². The molecule has 7 nitrogen and oxygen atoms in total. The molecule has 0 aliphatic carbocycles. The maximum absolute atomic E-state index is 12.9. The first-order valence-electron chi connectivity index (χ1n) is 9.50. The summed E-state index contributed by atoms with van der Waals surface area (Å²) in [7, 11) is -3.12. The fourth-order valence-corrected chi connectivity index (χ4v) is 6.77. The minimum Gasteiger partial charge on any atom is -0.306 e. The molecular weight excluding hydrogens is 386 g/mol. The zero-order valence-corrected chi connectivity index (χ0v) is 17.7. The van der Waals surface area contributed by atoms with Crippen LogP contribution in [-0.2, 0) is 20.0 Å². The molecule has 2 aliphatic heterocycles.